The highest BCUT2D eigenvalue weighted by Crippen LogP contribution is 2.33. The number of rotatable bonds is 7. The van der Waals surface area contributed by atoms with Crippen LogP contribution >= 0.6 is 0 Å². The van der Waals surface area contributed by atoms with Crippen LogP contribution in [0.15, 0.2) is 30.3 Å². The first-order valence-electron chi connectivity index (χ1n) is 6.81. The number of halogens is 4. The Kier molecular flexibility index (Phi) is 5.63. The van der Waals surface area contributed by atoms with Crippen molar-refractivity contribution in [2.75, 3.05) is 12.4 Å². The summed E-state index contributed by atoms with van der Waals surface area (Å²) in [6.07, 6.45) is 0. The number of hydrogen-bond acceptors (Lipinski definition) is 5. The number of anilines is 1. The maximum absolute atomic E-state index is 13.9. The summed E-state index contributed by atoms with van der Waals surface area (Å²) >= 11 is 0. The second-order valence-corrected chi connectivity index (χ2v) is 4.71. The van der Waals surface area contributed by atoms with E-state index in [1.807, 2.05) is 0 Å². The molecule has 2 aromatic rings. The maximum Gasteiger partial charge on any atom is 0.387 e. The molecule has 0 aliphatic carbocycles. The third-order valence-electron chi connectivity index (χ3n) is 3.20. The Morgan fingerprint density at radius 2 is 1.96 bits per heavy atom. The molecule has 0 heterocycles. The van der Waals surface area contributed by atoms with Crippen molar-refractivity contribution in [3.8, 4) is 11.5 Å². The van der Waals surface area contributed by atoms with E-state index in [4.69, 9.17) is 4.74 Å². The Morgan fingerprint density at radius 1 is 1.24 bits per heavy atom. The van der Waals surface area contributed by atoms with Crippen LogP contribution in [-0.2, 0) is 6.54 Å². The summed E-state index contributed by atoms with van der Waals surface area (Å²) in [4.78, 5) is 10.1. The smallest absolute Gasteiger partial charge is 0.387 e. The van der Waals surface area contributed by atoms with Crippen LogP contribution in [0.4, 0.5) is 28.9 Å². The number of nitrogens with one attached hydrogen (secondary N) is 1. The zero-order valence-corrected chi connectivity index (χ0v) is 12.8. The largest absolute Gasteiger partial charge is 0.497 e. The van der Waals surface area contributed by atoms with Gasteiger partial charge in [0.2, 0.25) is 5.82 Å². The van der Waals surface area contributed by atoms with Crippen molar-refractivity contribution in [2.24, 2.45) is 0 Å². The molecule has 2 rings (SSSR count). The standard InChI is InChI=1S/C15H12F4N2O4/c1-24-8-5-11(17)14(21(22)23)12(6-8)20-7-9-10(16)3-2-4-13(9)25-15(18)19/h2-6,15,20H,7H2,1H3. The summed E-state index contributed by atoms with van der Waals surface area (Å²) in [5.41, 5.74) is -1.47. The lowest BCUT2D eigenvalue weighted by Crippen LogP contribution is -2.10. The van der Waals surface area contributed by atoms with E-state index in [9.17, 15) is 27.7 Å². The molecule has 0 amide bonds. The highest BCUT2D eigenvalue weighted by Gasteiger charge is 2.23. The molecule has 1 N–H and O–H groups in total. The van der Waals surface area contributed by atoms with Crippen molar-refractivity contribution in [1.82, 2.24) is 0 Å². The maximum atomic E-state index is 13.9. The minimum Gasteiger partial charge on any atom is -0.497 e. The zero-order chi connectivity index (χ0) is 18.6. The van der Waals surface area contributed by atoms with Gasteiger partial charge in [0.1, 0.15) is 23.0 Å². The number of nitrogens with zero attached hydrogens (tertiary/aromatic N) is 1. The minimum atomic E-state index is -3.18. The molecule has 0 spiro atoms. The lowest BCUT2D eigenvalue weighted by atomic mass is 10.1. The summed E-state index contributed by atoms with van der Waals surface area (Å²) in [6, 6.07) is 5.25. The molecule has 6 nitrogen and oxygen atoms in total. The van der Waals surface area contributed by atoms with Gasteiger partial charge in [-0.3, -0.25) is 10.1 Å². The Hall–Kier alpha value is -3.04. The lowest BCUT2D eigenvalue weighted by molar-refractivity contribution is -0.386. The van der Waals surface area contributed by atoms with Gasteiger partial charge in [-0.05, 0) is 12.1 Å². The molecule has 0 aliphatic rings. The molecule has 134 valence electrons. The molecule has 0 aliphatic heterocycles. The highest BCUT2D eigenvalue weighted by molar-refractivity contribution is 5.65. The van der Waals surface area contributed by atoms with Crippen LogP contribution in [0, 0.1) is 21.7 Å². The number of nitro benzene ring substituents is 1. The van der Waals surface area contributed by atoms with Crippen molar-refractivity contribution in [1.29, 1.82) is 0 Å². The Balaban J connectivity index is 2.36. The summed E-state index contributed by atoms with van der Waals surface area (Å²) in [5.74, 6) is -2.47. The van der Waals surface area contributed by atoms with Crippen molar-refractivity contribution < 1.29 is 32.0 Å². The first-order valence-corrected chi connectivity index (χ1v) is 6.81. The monoisotopic (exact) mass is 360 g/mol. The van der Waals surface area contributed by atoms with Gasteiger partial charge in [-0.2, -0.15) is 13.2 Å². The van der Waals surface area contributed by atoms with Crippen molar-refractivity contribution in [3.63, 3.8) is 0 Å². The van der Waals surface area contributed by atoms with Crippen molar-refractivity contribution in [2.45, 2.75) is 13.2 Å². The SMILES string of the molecule is COc1cc(F)c([N+](=O)[O-])c(NCc2c(F)cccc2OC(F)F)c1. The number of hydrogen-bond donors (Lipinski definition) is 1. The molecule has 0 saturated carbocycles. The van der Waals surface area contributed by atoms with Gasteiger partial charge in [0.05, 0.1) is 12.0 Å². The average molecular weight is 360 g/mol. The van der Waals surface area contributed by atoms with Crippen LogP contribution < -0.4 is 14.8 Å². The lowest BCUT2D eigenvalue weighted by Gasteiger charge is -2.14. The van der Waals surface area contributed by atoms with Crippen LogP contribution in [0.25, 0.3) is 0 Å². The molecule has 25 heavy (non-hydrogen) atoms. The van der Waals surface area contributed by atoms with E-state index in [-0.39, 0.29) is 17.0 Å². The first-order chi connectivity index (χ1) is 11.8. The summed E-state index contributed by atoms with van der Waals surface area (Å²) < 4.78 is 61.6. The Labute approximate surface area is 139 Å². The Bertz CT molecular complexity index is 786. The fourth-order valence-electron chi connectivity index (χ4n) is 2.11. The quantitative estimate of drug-likeness (QED) is 0.457. The van der Waals surface area contributed by atoms with E-state index < -0.39 is 41.2 Å². The van der Waals surface area contributed by atoms with Crippen LogP contribution in [-0.4, -0.2) is 18.6 Å². The summed E-state index contributed by atoms with van der Waals surface area (Å²) in [5, 5.41) is 13.5. The van der Waals surface area contributed by atoms with Gasteiger partial charge in [0.15, 0.2) is 0 Å². The number of nitro groups is 1. The van der Waals surface area contributed by atoms with E-state index in [0.717, 1.165) is 24.3 Å². The first kappa shape index (κ1) is 18.3. The predicted octanol–water partition coefficient (Wildman–Crippen LogP) is 4.10. The molecule has 0 saturated heterocycles. The number of methoxy groups -OCH3 is 1. The zero-order valence-electron chi connectivity index (χ0n) is 12.8. The van der Waals surface area contributed by atoms with E-state index in [1.54, 1.807) is 0 Å². The van der Waals surface area contributed by atoms with Crippen LogP contribution in [0.5, 0.6) is 11.5 Å². The molecule has 2 aromatic carbocycles. The van der Waals surface area contributed by atoms with Gasteiger partial charge in [-0.25, -0.2) is 4.39 Å². The normalized spacial score (nSPS) is 10.6. The fraction of sp³-hybridized carbons (Fsp3) is 0.200. The highest BCUT2D eigenvalue weighted by atomic mass is 19.3. The number of ether oxygens (including phenoxy) is 2. The van der Waals surface area contributed by atoms with Gasteiger partial charge in [0, 0.05) is 24.2 Å². The predicted molar refractivity (Wildman–Crippen MR) is 80.0 cm³/mol. The molecule has 0 atom stereocenters. The van der Waals surface area contributed by atoms with Crippen LogP contribution in [0.2, 0.25) is 0 Å². The third-order valence-corrected chi connectivity index (χ3v) is 3.20. The molecule has 10 heteroatoms. The molecule has 0 unspecified atom stereocenters. The van der Waals surface area contributed by atoms with Crippen molar-refractivity contribution >= 4 is 11.4 Å². The van der Waals surface area contributed by atoms with Crippen molar-refractivity contribution in [3.05, 3.63) is 57.6 Å². The third kappa shape index (κ3) is 4.28. The van der Waals surface area contributed by atoms with Crippen LogP contribution in [0.3, 0.4) is 0 Å². The molecule has 0 bridgehead atoms. The molecular weight excluding hydrogens is 348 g/mol. The minimum absolute atomic E-state index is 0.0109. The second kappa shape index (κ2) is 7.69. The van der Waals surface area contributed by atoms with E-state index >= 15 is 0 Å². The molecule has 0 aromatic heterocycles. The second-order valence-electron chi connectivity index (χ2n) is 4.71. The Morgan fingerprint density at radius 3 is 2.56 bits per heavy atom. The number of alkyl halides is 2. The summed E-state index contributed by atoms with van der Waals surface area (Å²) in [6.45, 7) is -3.63. The van der Waals surface area contributed by atoms with Gasteiger partial charge in [0.25, 0.3) is 0 Å². The number of benzene rings is 2. The van der Waals surface area contributed by atoms with Gasteiger partial charge < -0.3 is 14.8 Å². The summed E-state index contributed by atoms with van der Waals surface area (Å²) in [7, 11) is 1.23. The van der Waals surface area contributed by atoms with Gasteiger partial charge in [-0.1, -0.05) is 6.07 Å². The average Bonchev–Trinajstić information content (AvgIpc) is 2.52. The van der Waals surface area contributed by atoms with E-state index in [1.165, 1.54) is 13.2 Å². The van der Waals surface area contributed by atoms with Crippen LogP contribution in [0.1, 0.15) is 5.56 Å². The van der Waals surface area contributed by atoms with Gasteiger partial charge >= 0.3 is 12.3 Å². The van der Waals surface area contributed by atoms with E-state index in [0.29, 0.717) is 0 Å². The van der Waals surface area contributed by atoms with E-state index in [2.05, 4.69) is 10.1 Å². The van der Waals surface area contributed by atoms with Gasteiger partial charge in [-0.15, -0.1) is 0 Å². The molecular formula is C15H12F4N2O4. The molecule has 0 fully saturated rings. The topological polar surface area (TPSA) is 73.6 Å². The fourth-order valence-corrected chi connectivity index (χ4v) is 2.11. The molecule has 0 radical (unpaired) electrons.